The van der Waals surface area contributed by atoms with Gasteiger partial charge in [-0.2, -0.15) is 0 Å². The van der Waals surface area contributed by atoms with Gasteiger partial charge in [0.1, 0.15) is 18.1 Å². The number of aromatic amines is 1. The van der Waals surface area contributed by atoms with Gasteiger partial charge in [-0.25, -0.2) is 9.78 Å². The van der Waals surface area contributed by atoms with Gasteiger partial charge in [-0.05, 0) is 12.3 Å². The minimum absolute atomic E-state index is 0.116. The minimum Gasteiger partial charge on any atom is -0.480 e. The Morgan fingerprint density at radius 3 is 2.24 bits per heavy atom. The molecule has 0 spiro atoms. The average molecular weight is 484 g/mol. The quantitative estimate of drug-likeness (QED) is 0.127. The Bertz CT molecular complexity index is 846. The molecular weight excluding hydrogens is 450 g/mol. The molecular formula is C20H33N7O7. The molecule has 0 aromatic carbocycles. The first kappa shape index (κ1) is 28.5. The SMILES string of the molecule is CCC(C)C(NC(=O)C(CO)NC(=O)C(N)Cc1cnc[nH]1)C(=O)NC(CCC(N)=O)C(=O)O. The van der Waals surface area contributed by atoms with Crippen LogP contribution >= 0.6 is 0 Å². The number of amides is 4. The van der Waals surface area contributed by atoms with Gasteiger partial charge >= 0.3 is 5.97 Å². The first-order valence-corrected chi connectivity index (χ1v) is 10.8. The number of hydrogen-bond donors (Lipinski definition) is 8. The molecule has 10 N–H and O–H groups in total. The Balaban J connectivity index is 2.84. The lowest BCUT2D eigenvalue weighted by Crippen LogP contribution is -2.59. The summed E-state index contributed by atoms with van der Waals surface area (Å²) in [5.74, 6) is -4.86. The monoisotopic (exact) mass is 483 g/mol. The highest BCUT2D eigenvalue weighted by molar-refractivity contribution is 5.94. The maximum Gasteiger partial charge on any atom is 0.326 e. The van der Waals surface area contributed by atoms with Crippen LogP contribution in [-0.4, -0.2) is 80.6 Å². The number of rotatable bonds is 15. The minimum atomic E-state index is -1.40. The molecule has 0 aliphatic rings. The second-order valence-corrected chi connectivity index (χ2v) is 7.91. The zero-order chi connectivity index (χ0) is 25.8. The number of carboxylic acids is 1. The Labute approximate surface area is 196 Å². The van der Waals surface area contributed by atoms with Crippen molar-refractivity contribution in [3.8, 4) is 0 Å². The van der Waals surface area contributed by atoms with Gasteiger partial charge in [0.05, 0.1) is 19.0 Å². The van der Waals surface area contributed by atoms with Crippen molar-refractivity contribution < 1.29 is 34.2 Å². The summed E-state index contributed by atoms with van der Waals surface area (Å²) in [5.41, 5.74) is 11.5. The lowest BCUT2D eigenvalue weighted by molar-refractivity contribution is -0.143. The standard InChI is InChI=1S/C20H33N7O7/c1-3-10(2)16(19(32)25-13(20(33)34)4-5-15(22)29)27-18(31)14(8-28)26-17(30)12(21)6-11-7-23-9-24-11/h7,9-10,12-14,16,28H,3-6,8,21H2,1-2H3,(H2,22,29)(H,23,24)(H,25,32)(H,26,30)(H,27,31)(H,33,34). The number of nitrogens with two attached hydrogens (primary N) is 2. The maximum absolute atomic E-state index is 12.8. The van der Waals surface area contributed by atoms with Gasteiger partial charge in [0.2, 0.25) is 23.6 Å². The largest absolute Gasteiger partial charge is 0.480 e. The van der Waals surface area contributed by atoms with Crippen molar-refractivity contribution in [2.24, 2.45) is 17.4 Å². The Morgan fingerprint density at radius 2 is 1.74 bits per heavy atom. The fourth-order valence-electron chi connectivity index (χ4n) is 2.96. The fourth-order valence-corrected chi connectivity index (χ4v) is 2.96. The number of carboxylic acid groups (broad SMARTS) is 1. The second kappa shape index (κ2) is 13.9. The van der Waals surface area contributed by atoms with Crippen molar-refractivity contribution in [2.45, 2.75) is 63.7 Å². The molecule has 4 amide bonds. The highest BCUT2D eigenvalue weighted by atomic mass is 16.4. The number of aliphatic carboxylic acids is 1. The Kier molecular flexibility index (Phi) is 11.7. The average Bonchev–Trinajstić information content (AvgIpc) is 3.29. The van der Waals surface area contributed by atoms with Crippen LogP contribution in [0.25, 0.3) is 0 Å². The summed E-state index contributed by atoms with van der Waals surface area (Å²) in [6.07, 6.45) is 3.00. The molecule has 14 heteroatoms. The van der Waals surface area contributed by atoms with Crippen molar-refractivity contribution in [3.05, 3.63) is 18.2 Å². The molecule has 0 saturated carbocycles. The molecule has 1 rings (SSSR count). The number of nitrogens with one attached hydrogen (secondary N) is 4. The van der Waals surface area contributed by atoms with Gasteiger partial charge in [-0.3, -0.25) is 19.2 Å². The van der Waals surface area contributed by atoms with E-state index in [1.807, 2.05) is 0 Å². The first-order chi connectivity index (χ1) is 16.0. The molecule has 5 unspecified atom stereocenters. The van der Waals surface area contributed by atoms with Crippen LogP contribution in [0.1, 0.15) is 38.8 Å². The van der Waals surface area contributed by atoms with Gasteiger partial charge in [0.25, 0.3) is 0 Å². The van der Waals surface area contributed by atoms with E-state index < -0.39 is 66.3 Å². The lowest BCUT2D eigenvalue weighted by atomic mass is 9.97. The number of nitrogens with zero attached hydrogens (tertiary/aromatic N) is 1. The van der Waals surface area contributed by atoms with Gasteiger partial charge in [-0.15, -0.1) is 0 Å². The number of aliphatic hydroxyl groups is 1. The molecule has 0 aliphatic carbocycles. The predicted molar refractivity (Wildman–Crippen MR) is 119 cm³/mol. The van der Waals surface area contributed by atoms with Crippen LogP contribution in [0.15, 0.2) is 12.5 Å². The van der Waals surface area contributed by atoms with E-state index in [1.54, 1.807) is 13.8 Å². The summed E-state index contributed by atoms with van der Waals surface area (Å²) >= 11 is 0. The number of hydrogen-bond acceptors (Lipinski definition) is 8. The summed E-state index contributed by atoms with van der Waals surface area (Å²) in [6.45, 7) is 2.66. The second-order valence-electron chi connectivity index (χ2n) is 7.91. The third-order valence-electron chi connectivity index (χ3n) is 5.23. The zero-order valence-corrected chi connectivity index (χ0v) is 19.1. The van der Waals surface area contributed by atoms with Gasteiger partial charge in [0, 0.05) is 24.7 Å². The molecule has 190 valence electrons. The van der Waals surface area contributed by atoms with E-state index in [9.17, 15) is 34.2 Å². The summed E-state index contributed by atoms with van der Waals surface area (Å²) in [6, 6.07) is -4.99. The van der Waals surface area contributed by atoms with E-state index in [-0.39, 0.29) is 19.3 Å². The first-order valence-electron chi connectivity index (χ1n) is 10.8. The molecule has 5 atom stereocenters. The number of carbonyl (C=O) groups excluding carboxylic acids is 4. The summed E-state index contributed by atoms with van der Waals surface area (Å²) < 4.78 is 0. The summed E-state index contributed by atoms with van der Waals surface area (Å²) in [4.78, 5) is 66.9. The van der Waals surface area contributed by atoms with E-state index in [0.29, 0.717) is 12.1 Å². The normalized spacial score (nSPS) is 15.3. The van der Waals surface area contributed by atoms with E-state index in [2.05, 4.69) is 25.9 Å². The molecule has 0 aliphatic heterocycles. The number of imidazole rings is 1. The third kappa shape index (κ3) is 9.15. The number of aromatic nitrogens is 2. The number of primary amides is 1. The van der Waals surface area contributed by atoms with Crippen molar-refractivity contribution in [2.75, 3.05) is 6.61 Å². The molecule has 0 saturated heterocycles. The molecule has 1 heterocycles. The molecule has 34 heavy (non-hydrogen) atoms. The van der Waals surface area contributed by atoms with Crippen molar-refractivity contribution in [1.82, 2.24) is 25.9 Å². The number of H-pyrrole nitrogens is 1. The van der Waals surface area contributed by atoms with Crippen LogP contribution in [0.3, 0.4) is 0 Å². The predicted octanol–water partition coefficient (Wildman–Crippen LogP) is -2.88. The van der Waals surface area contributed by atoms with Crippen LogP contribution in [-0.2, 0) is 30.4 Å². The van der Waals surface area contributed by atoms with Gasteiger partial charge in [0.15, 0.2) is 0 Å². The van der Waals surface area contributed by atoms with E-state index >= 15 is 0 Å². The molecule has 14 nitrogen and oxygen atoms in total. The van der Waals surface area contributed by atoms with Crippen molar-refractivity contribution in [3.63, 3.8) is 0 Å². The number of aliphatic hydroxyl groups excluding tert-OH is 1. The van der Waals surface area contributed by atoms with E-state index in [1.165, 1.54) is 12.5 Å². The van der Waals surface area contributed by atoms with Crippen molar-refractivity contribution >= 4 is 29.6 Å². The molecule has 1 aromatic rings. The molecule has 0 fully saturated rings. The summed E-state index contributed by atoms with van der Waals surface area (Å²) in [5, 5.41) is 26.0. The topological polar surface area (TPSA) is 243 Å². The molecule has 0 bridgehead atoms. The fraction of sp³-hybridized carbons (Fsp3) is 0.600. The van der Waals surface area contributed by atoms with Crippen LogP contribution in [0.4, 0.5) is 0 Å². The Hall–Kier alpha value is -3.52. The van der Waals surface area contributed by atoms with Crippen LogP contribution in [0.2, 0.25) is 0 Å². The zero-order valence-electron chi connectivity index (χ0n) is 19.1. The lowest BCUT2D eigenvalue weighted by Gasteiger charge is -2.27. The maximum atomic E-state index is 12.8. The highest BCUT2D eigenvalue weighted by Gasteiger charge is 2.32. The van der Waals surface area contributed by atoms with Gasteiger partial charge in [-0.1, -0.05) is 20.3 Å². The third-order valence-corrected chi connectivity index (χ3v) is 5.23. The molecule has 1 aromatic heterocycles. The highest BCUT2D eigenvalue weighted by Crippen LogP contribution is 2.10. The molecule has 0 radical (unpaired) electrons. The van der Waals surface area contributed by atoms with Crippen LogP contribution < -0.4 is 27.4 Å². The van der Waals surface area contributed by atoms with Crippen molar-refractivity contribution in [1.29, 1.82) is 0 Å². The summed E-state index contributed by atoms with van der Waals surface area (Å²) in [7, 11) is 0. The van der Waals surface area contributed by atoms with Gasteiger partial charge < -0.3 is 42.6 Å². The van der Waals surface area contributed by atoms with E-state index in [4.69, 9.17) is 11.5 Å². The van der Waals surface area contributed by atoms with Crippen LogP contribution in [0, 0.1) is 5.92 Å². The van der Waals surface area contributed by atoms with E-state index in [0.717, 1.165) is 0 Å². The smallest absolute Gasteiger partial charge is 0.326 e. The van der Waals surface area contributed by atoms with Crippen LogP contribution in [0.5, 0.6) is 0 Å². The number of carbonyl (C=O) groups is 5. The Morgan fingerprint density at radius 1 is 1.09 bits per heavy atom.